The maximum Gasteiger partial charge on any atom is 0.140 e. The van der Waals surface area contributed by atoms with Crippen LogP contribution in [-0.4, -0.2) is 25.1 Å². The molecule has 7 heteroatoms. The van der Waals surface area contributed by atoms with Crippen molar-refractivity contribution in [2.45, 2.75) is 6.10 Å². The Hall–Kier alpha value is -0.790. The fourth-order valence-electron chi connectivity index (χ4n) is 1.31. The number of aliphatic hydroxyl groups excluding tert-OH is 1. The molecule has 0 fully saturated rings. The lowest BCUT2D eigenvalue weighted by molar-refractivity contribution is 0.204. The van der Waals surface area contributed by atoms with E-state index in [2.05, 4.69) is 47.2 Å². The second-order valence-electron chi connectivity index (χ2n) is 3.21. The summed E-state index contributed by atoms with van der Waals surface area (Å²) in [4.78, 5) is 4.16. The van der Waals surface area contributed by atoms with Gasteiger partial charge in [-0.25, -0.2) is 4.68 Å². The van der Waals surface area contributed by atoms with Gasteiger partial charge in [0, 0.05) is 22.2 Å². The maximum absolute atomic E-state index is 10.1. The number of aryl methyl sites for hydroxylation is 1. The van der Waals surface area contributed by atoms with E-state index in [1.54, 1.807) is 13.2 Å². The molecule has 1 atom stereocenters. The van der Waals surface area contributed by atoms with Crippen molar-refractivity contribution in [3.05, 3.63) is 38.8 Å². The van der Waals surface area contributed by atoms with Crippen molar-refractivity contribution in [1.82, 2.24) is 20.0 Å². The van der Waals surface area contributed by atoms with Gasteiger partial charge < -0.3 is 5.11 Å². The van der Waals surface area contributed by atoms with Crippen LogP contribution in [0.2, 0.25) is 0 Å². The first-order valence-corrected chi connectivity index (χ1v) is 6.02. The van der Waals surface area contributed by atoms with E-state index in [0.29, 0.717) is 11.4 Å². The normalized spacial score (nSPS) is 12.8. The van der Waals surface area contributed by atoms with Crippen molar-refractivity contribution in [1.29, 1.82) is 0 Å². The van der Waals surface area contributed by atoms with Crippen LogP contribution in [0.25, 0.3) is 0 Å². The molecule has 0 spiro atoms. The molecule has 16 heavy (non-hydrogen) atoms. The predicted molar refractivity (Wildman–Crippen MR) is 64.7 cm³/mol. The van der Waals surface area contributed by atoms with Crippen molar-refractivity contribution in [3.8, 4) is 0 Å². The number of rotatable bonds is 2. The quantitative estimate of drug-likeness (QED) is 0.900. The minimum Gasteiger partial charge on any atom is -0.380 e. The first-order valence-electron chi connectivity index (χ1n) is 4.43. The largest absolute Gasteiger partial charge is 0.380 e. The molecule has 2 aromatic heterocycles. The highest BCUT2D eigenvalue weighted by Crippen LogP contribution is 2.27. The van der Waals surface area contributed by atoms with Crippen LogP contribution in [-0.2, 0) is 7.05 Å². The van der Waals surface area contributed by atoms with Gasteiger partial charge in [0.25, 0.3) is 0 Å². The first kappa shape index (κ1) is 11.7. The summed E-state index contributed by atoms with van der Waals surface area (Å²) in [5.74, 6) is 0. The van der Waals surface area contributed by atoms with Crippen molar-refractivity contribution >= 4 is 31.9 Å². The van der Waals surface area contributed by atoms with Crippen molar-refractivity contribution in [3.63, 3.8) is 0 Å². The van der Waals surface area contributed by atoms with E-state index < -0.39 is 6.10 Å². The highest BCUT2D eigenvalue weighted by molar-refractivity contribution is 9.11. The standard InChI is InChI=1S/C9H8Br2N4O/c1-15-7(4-13-14-15)9(16)8-6(11)2-5(10)3-12-8/h2-4,9,16H,1H3. The summed E-state index contributed by atoms with van der Waals surface area (Å²) < 4.78 is 3.09. The Morgan fingerprint density at radius 2 is 2.12 bits per heavy atom. The molecule has 0 bridgehead atoms. The van der Waals surface area contributed by atoms with E-state index in [4.69, 9.17) is 0 Å². The minimum absolute atomic E-state index is 0.536. The third-order valence-corrected chi connectivity index (χ3v) is 3.19. The summed E-state index contributed by atoms with van der Waals surface area (Å²) >= 11 is 6.66. The SMILES string of the molecule is Cn1nncc1C(O)c1ncc(Br)cc1Br. The van der Waals surface area contributed by atoms with Gasteiger partial charge in [-0.15, -0.1) is 5.10 Å². The van der Waals surface area contributed by atoms with Crippen LogP contribution in [0.1, 0.15) is 17.5 Å². The highest BCUT2D eigenvalue weighted by atomic mass is 79.9. The molecule has 0 amide bonds. The van der Waals surface area contributed by atoms with Crippen LogP contribution < -0.4 is 0 Å². The Morgan fingerprint density at radius 1 is 1.38 bits per heavy atom. The van der Waals surface area contributed by atoms with Crippen molar-refractivity contribution < 1.29 is 5.11 Å². The average Bonchev–Trinajstić information content (AvgIpc) is 2.63. The summed E-state index contributed by atoms with van der Waals surface area (Å²) in [7, 11) is 1.72. The van der Waals surface area contributed by atoms with E-state index >= 15 is 0 Å². The summed E-state index contributed by atoms with van der Waals surface area (Å²) in [5.41, 5.74) is 1.13. The fraction of sp³-hybridized carbons (Fsp3) is 0.222. The molecule has 0 aliphatic heterocycles. The Kier molecular flexibility index (Phi) is 3.36. The van der Waals surface area contributed by atoms with Crippen LogP contribution in [0, 0.1) is 0 Å². The molecule has 1 unspecified atom stereocenters. The Bertz CT molecular complexity index is 514. The summed E-state index contributed by atoms with van der Waals surface area (Å²) in [6, 6.07) is 1.83. The predicted octanol–water partition coefficient (Wildman–Crippen LogP) is 1.82. The van der Waals surface area contributed by atoms with Gasteiger partial charge >= 0.3 is 0 Å². The zero-order valence-electron chi connectivity index (χ0n) is 8.30. The number of pyridine rings is 1. The summed E-state index contributed by atoms with van der Waals surface area (Å²) in [6.45, 7) is 0. The zero-order valence-corrected chi connectivity index (χ0v) is 11.5. The molecule has 2 aromatic rings. The van der Waals surface area contributed by atoms with Gasteiger partial charge in [0.2, 0.25) is 0 Å². The molecule has 2 heterocycles. The molecule has 0 saturated carbocycles. The highest BCUT2D eigenvalue weighted by Gasteiger charge is 2.18. The zero-order chi connectivity index (χ0) is 11.7. The summed E-state index contributed by atoms with van der Waals surface area (Å²) in [6.07, 6.45) is 2.30. The molecule has 1 N–H and O–H groups in total. The lowest BCUT2D eigenvalue weighted by Crippen LogP contribution is -2.08. The van der Waals surface area contributed by atoms with Gasteiger partial charge in [-0.3, -0.25) is 4.98 Å². The lowest BCUT2D eigenvalue weighted by atomic mass is 10.2. The van der Waals surface area contributed by atoms with Gasteiger partial charge in [-0.2, -0.15) is 0 Å². The number of aliphatic hydroxyl groups is 1. The third kappa shape index (κ3) is 2.16. The van der Waals surface area contributed by atoms with Gasteiger partial charge in [0.1, 0.15) is 6.10 Å². The monoisotopic (exact) mass is 346 g/mol. The molecule has 0 aromatic carbocycles. The molecule has 0 radical (unpaired) electrons. The van der Waals surface area contributed by atoms with E-state index in [1.807, 2.05) is 6.07 Å². The van der Waals surface area contributed by atoms with Gasteiger partial charge in [-0.05, 0) is 37.9 Å². The molecule has 2 rings (SSSR count). The van der Waals surface area contributed by atoms with Crippen LogP contribution >= 0.6 is 31.9 Å². The minimum atomic E-state index is -0.845. The van der Waals surface area contributed by atoms with Gasteiger partial charge in [-0.1, -0.05) is 5.21 Å². The second-order valence-corrected chi connectivity index (χ2v) is 4.98. The molecular formula is C9H8Br2N4O. The lowest BCUT2D eigenvalue weighted by Gasteiger charge is -2.11. The Labute approximate surface area is 109 Å². The van der Waals surface area contributed by atoms with Crippen molar-refractivity contribution in [2.24, 2.45) is 7.05 Å². The maximum atomic E-state index is 10.1. The van der Waals surface area contributed by atoms with Crippen LogP contribution in [0.5, 0.6) is 0 Å². The van der Waals surface area contributed by atoms with Gasteiger partial charge in [0.05, 0.1) is 17.6 Å². The average molecular weight is 348 g/mol. The van der Waals surface area contributed by atoms with Crippen LogP contribution in [0.3, 0.4) is 0 Å². The molecule has 84 valence electrons. The molecule has 5 nitrogen and oxygen atoms in total. The Balaban J connectivity index is 2.41. The Morgan fingerprint density at radius 3 is 2.69 bits per heavy atom. The molecule has 0 saturated heterocycles. The number of aromatic nitrogens is 4. The number of nitrogens with zero attached hydrogens (tertiary/aromatic N) is 4. The van der Waals surface area contributed by atoms with E-state index in [0.717, 1.165) is 8.95 Å². The first-order chi connectivity index (χ1) is 7.59. The summed E-state index contributed by atoms with van der Waals surface area (Å²) in [5, 5.41) is 17.6. The topological polar surface area (TPSA) is 63.8 Å². The van der Waals surface area contributed by atoms with E-state index in [-0.39, 0.29) is 0 Å². The van der Waals surface area contributed by atoms with Crippen LogP contribution in [0.4, 0.5) is 0 Å². The molecule has 0 aliphatic carbocycles. The third-order valence-electron chi connectivity index (χ3n) is 2.12. The van der Waals surface area contributed by atoms with Crippen LogP contribution in [0.15, 0.2) is 27.4 Å². The second kappa shape index (κ2) is 4.60. The number of halogens is 2. The number of hydrogen-bond acceptors (Lipinski definition) is 4. The van der Waals surface area contributed by atoms with Gasteiger partial charge in [0.15, 0.2) is 0 Å². The molecule has 0 aliphatic rings. The van der Waals surface area contributed by atoms with E-state index in [9.17, 15) is 5.11 Å². The smallest absolute Gasteiger partial charge is 0.140 e. The van der Waals surface area contributed by atoms with Crippen molar-refractivity contribution in [2.75, 3.05) is 0 Å². The van der Waals surface area contributed by atoms with E-state index in [1.165, 1.54) is 10.9 Å². The molecular weight excluding hydrogens is 340 g/mol. The number of hydrogen-bond donors (Lipinski definition) is 1. The fourth-order valence-corrected chi connectivity index (χ4v) is 2.52.